The van der Waals surface area contributed by atoms with Gasteiger partial charge in [0, 0.05) is 32.7 Å². The maximum atomic E-state index is 5.68. The van der Waals surface area contributed by atoms with E-state index in [1.165, 1.54) is 18.7 Å². The molecule has 1 saturated heterocycles. The number of ether oxygens (including phenoxy) is 1. The van der Waals surface area contributed by atoms with Crippen LogP contribution in [0.2, 0.25) is 0 Å². The summed E-state index contributed by atoms with van der Waals surface area (Å²) in [7, 11) is 2.19. The molecule has 0 amide bonds. The lowest BCUT2D eigenvalue weighted by Crippen LogP contribution is -2.43. The lowest BCUT2D eigenvalue weighted by Gasteiger charge is -2.32. The van der Waals surface area contributed by atoms with Crippen molar-refractivity contribution >= 4 is 0 Å². The maximum Gasteiger partial charge on any atom is 0.119 e. The van der Waals surface area contributed by atoms with E-state index in [1.54, 1.807) is 0 Å². The Balaban J connectivity index is 0.00000180. The molecule has 0 bridgehead atoms. The number of rotatable bonds is 5. The minimum Gasteiger partial charge on any atom is -0.494 e. The predicted octanol–water partition coefficient (Wildman–Crippen LogP) is 2.38. The van der Waals surface area contributed by atoms with Crippen molar-refractivity contribution in [3.8, 4) is 5.75 Å². The van der Waals surface area contributed by atoms with Crippen LogP contribution in [-0.2, 0) is 6.54 Å². The van der Waals surface area contributed by atoms with Gasteiger partial charge in [-0.2, -0.15) is 0 Å². The minimum atomic E-state index is 0. The van der Waals surface area contributed by atoms with Crippen LogP contribution in [0.15, 0.2) is 24.3 Å². The van der Waals surface area contributed by atoms with Crippen LogP contribution >= 0.6 is 0 Å². The van der Waals surface area contributed by atoms with Gasteiger partial charge in [0.25, 0.3) is 0 Å². The monoisotopic (exact) mass is 265 g/mol. The zero-order valence-corrected chi connectivity index (χ0v) is 12.3. The van der Waals surface area contributed by atoms with Crippen molar-refractivity contribution in [2.45, 2.75) is 19.9 Å². The first-order chi connectivity index (χ1) is 8.78. The number of hydrogen-bond acceptors (Lipinski definition) is 4. The van der Waals surface area contributed by atoms with Crippen molar-refractivity contribution in [2.75, 3.05) is 39.8 Å². The van der Waals surface area contributed by atoms with Crippen molar-refractivity contribution in [2.24, 2.45) is 0 Å². The van der Waals surface area contributed by atoms with Gasteiger partial charge in [-0.1, -0.05) is 19.1 Å². The molecule has 1 aromatic carbocycles. The Morgan fingerprint density at radius 2 is 1.89 bits per heavy atom. The topological polar surface area (TPSA) is 50.7 Å². The van der Waals surface area contributed by atoms with Gasteiger partial charge in [0.1, 0.15) is 5.75 Å². The second-order valence-corrected chi connectivity index (χ2v) is 5.08. The van der Waals surface area contributed by atoms with Gasteiger partial charge < -0.3 is 15.8 Å². The zero-order chi connectivity index (χ0) is 12.8. The Morgan fingerprint density at radius 3 is 2.58 bits per heavy atom. The fraction of sp³-hybridized carbons (Fsp3) is 0.600. The molecule has 2 rings (SSSR count). The van der Waals surface area contributed by atoms with Gasteiger partial charge in [0.2, 0.25) is 0 Å². The van der Waals surface area contributed by atoms with E-state index in [-0.39, 0.29) is 6.15 Å². The van der Waals surface area contributed by atoms with Crippen LogP contribution in [0.1, 0.15) is 18.9 Å². The molecule has 3 N–H and O–H groups in total. The van der Waals surface area contributed by atoms with E-state index in [4.69, 9.17) is 4.74 Å². The smallest absolute Gasteiger partial charge is 0.119 e. The molecule has 1 aliphatic heterocycles. The SMILES string of the molecule is CCCOc1cccc(CN2CCN(C)CC2)c1.N. The van der Waals surface area contributed by atoms with Crippen LogP contribution in [0.3, 0.4) is 0 Å². The second kappa shape index (κ2) is 8.15. The van der Waals surface area contributed by atoms with Crippen LogP contribution in [0, 0.1) is 0 Å². The number of likely N-dealkylation sites (N-methyl/N-ethyl adjacent to an activating group) is 1. The van der Waals surface area contributed by atoms with Crippen LogP contribution < -0.4 is 10.9 Å². The molecular formula is C15H27N3O. The third kappa shape index (κ3) is 5.19. The number of benzene rings is 1. The molecule has 1 aliphatic rings. The highest BCUT2D eigenvalue weighted by Gasteiger charge is 2.13. The summed E-state index contributed by atoms with van der Waals surface area (Å²) in [6, 6.07) is 8.50. The van der Waals surface area contributed by atoms with E-state index in [1.807, 2.05) is 6.07 Å². The molecule has 1 fully saturated rings. The van der Waals surface area contributed by atoms with Crippen LogP contribution in [-0.4, -0.2) is 49.6 Å². The third-order valence-electron chi connectivity index (χ3n) is 3.37. The Kier molecular flexibility index (Phi) is 6.84. The molecule has 1 heterocycles. The fourth-order valence-electron chi connectivity index (χ4n) is 2.22. The largest absolute Gasteiger partial charge is 0.494 e. The molecule has 0 spiro atoms. The normalized spacial score (nSPS) is 16.9. The summed E-state index contributed by atoms with van der Waals surface area (Å²) in [6.45, 7) is 8.65. The summed E-state index contributed by atoms with van der Waals surface area (Å²) < 4.78 is 5.68. The van der Waals surface area contributed by atoms with E-state index in [2.05, 4.69) is 42.0 Å². The molecule has 0 aliphatic carbocycles. The summed E-state index contributed by atoms with van der Waals surface area (Å²) in [5, 5.41) is 0. The second-order valence-electron chi connectivity index (χ2n) is 5.08. The fourth-order valence-corrected chi connectivity index (χ4v) is 2.22. The molecular weight excluding hydrogens is 238 g/mol. The first-order valence-corrected chi connectivity index (χ1v) is 6.90. The standard InChI is InChI=1S/C15H24N2O.H3N/c1-3-11-18-15-6-4-5-14(12-15)13-17-9-7-16(2)8-10-17;/h4-6,12H,3,7-11,13H2,1-2H3;1H3. The quantitative estimate of drug-likeness (QED) is 0.888. The summed E-state index contributed by atoms with van der Waals surface area (Å²) in [6.07, 6.45) is 1.06. The van der Waals surface area contributed by atoms with E-state index >= 15 is 0 Å². The summed E-state index contributed by atoms with van der Waals surface area (Å²) in [5.41, 5.74) is 1.35. The van der Waals surface area contributed by atoms with E-state index in [0.717, 1.165) is 38.4 Å². The molecule has 4 heteroatoms. The molecule has 0 saturated carbocycles. The molecule has 0 radical (unpaired) electrons. The Bertz CT molecular complexity index is 362. The molecule has 0 aromatic heterocycles. The van der Waals surface area contributed by atoms with Crippen LogP contribution in [0.5, 0.6) is 5.75 Å². The van der Waals surface area contributed by atoms with Gasteiger partial charge in [-0.05, 0) is 31.2 Å². The van der Waals surface area contributed by atoms with Gasteiger partial charge in [-0.25, -0.2) is 0 Å². The van der Waals surface area contributed by atoms with Gasteiger partial charge in [0.15, 0.2) is 0 Å². The predicted molar refractivity (Wildman–Crippen MR) is 80.0 cm³/mol. The van der Waals surface area contributed by atoms with Crippen molar-refractivity contribution < 1.29 is 4.74 Å². The van der Waals surface area contributed by atoms with E-state index in [0.29, 0.717) is 0 Å². The number of hydrogen-bond donors (Lipinski definition) is 1. The highest BCUT2D eigenvalue weighted by molar-refractivity contribution is 5.28. The summed E-state index contributed by atoms with van der Waals surface area (Å²) in [5.74, 6) is 1.00. The number of piperazine rings is 1. The van der Waals surface area contributed by atoms with Crippen molar-refractivity contribution in [1.29, 1.82) is 0 Å². The zero-order valence-electron chi connectivity index (χ0n) is 12.3. The van der Waals surface area contributed by atoms with Crippen molar-refractivity contribution in [3.63, 3.8) is 0 Å². The molecule has 19 heavy (non-hydrogen) atoms. The average Bonchev–Trinajstić information content (AvgIpc) is 2.40. The van der Waals surface area contributed by atoms with Gasteiger partial charge >= 0.3 is 0 Å². The Morgan fingerprint density at radius 1 is 1.16 bits per heavy atom. The van der Waals surface area contributed by atoms with Crippen molar-refractivity contribution in [3.05, 3.63) is 29.8 Å². The van der Waals surface area contributed by atoms with Gasteiger partial charge in [-0.3, -0.25) is 4.90 Å². The lowest BCUT2D eigenvalue weighted by molar-refractivity contribution is 0.148. The first-order valence-electron chi connectivity index (χ1n) is 6.90. The third-order valence-corrected chi connectivity index (χ3v) is 3.37. The van der Waals surface area contributed by atoms with Crippen LogP contribution in [0.4, 0.5) is 0 Å². The molecule has 0 unspecified atom stereocenters. The Hall–Kier alpha value is -1.10. The maximum absolute atomic E-state index is 5.68. The summed E-state index contributed by atoms with van der Waals surface area (Å²) >= 11 is 0. The van der Waals surface area contributed by atoms with Gasteiger partial charge in [0.05, 0.1) is 6.61 Å². The lowest BCUT2D eigenvalue weighted by atomic mass is 10.2. The number of nitrogens with zero attached hydrogens (tertiary/aromatic N) is 2. The first kappa shape index (κ1) is 16.0. The van der Waals surface area contributed by atoms with Gasteiger partial charge in [-0.15, -0.1) is 0 Å². The summed E-state index contributed by atoms with van der Waals surface area (Å²) in [4.78, 5) is 4.90. The Labute approximate surface area is 116 Å². The molecule has 1 aromatic rings. The molecule has 0 atom stereocenters. The molecule has 4 nitrogen and oxygen atoms in total. The van der Waals surface area contributed by atoms with Crippen LogP contribution in [0.25, 0.3) is 0 Å². The average molecular weight is 265 g/mol. The van der Waals surface area contributed by atoms with E-state index < -0.39 is 0 Å². The highest BCUT2D eigenvalue weighted by atomic mass is 16.5. The van der Waals surface area contributed by atoms with E-state index in [9.17, 15) is 0 Å². The highest BCUT2D eigenvalue weighted by Crippen LogP contribution is 2.15. The minimum absolute atomic E-state index is 0. The molecule has 108 valence electrons. The van der Waals surface area contributed by atoms with Crippen molar-refractivity contribution in [1.82, 2.24) is 16.0 Å².